The summed E-state index contributed by atoms with van der Waals surface area (Å²) in [5.74, 6) is -0.340. The molecule has 0 saturated heterocycles. The fourth-order valence-electron chi connectivity index (χ4n) is 4.12. The van der Waals surface area contributed by atoms with Crippen molar-refractivity contribution in [1.82, 2.24) is 15.0 Å². The number of ether oxygens (including phenoxy) is 1. The number of hydrogen-bond acceptors (Lipinski definition) is 6. The van der Waals surface area contributed by atoms with Crippen LogP contribution in [0, 0.1) is 0 Å². The number of fused-ring (bicyclic) bond motifs is 1. The Hall–Kier alpha value is -3.59. The Morgan fingerprint density at radius 3 is 2.50 bits per heavy atom. The van der Waals surface area contributed by atoms with Gasteiger partial charge in [0.1, 0.15) is 0 Å². The summed E-state index contributed by atoms with van der Waals surface area (Å²) in [6, 6.07) is 22.5. The minimum Gasteiger partial charge on any atom is -0.465 e. The van der Waals surface area contributed by atoms with Crippen LogP contribution in [0.2, 0.25) is 0 Å². The molecule has 4 aromatic rings. The number of carbonyl (C=O) groups excluding carboxylic acids is 1. The number of methoxy groups -OCH3 is 1. The molecule has 3 aromatic carbocycles. The Balaban J connectivity index is 1.35. The molecular formula is C28H29N3O4S. The predicted molar refractivity (Wildman–Crippen MR) is 141 cm³/mol. The van der Waals surface area contributed by atoms with Gasteiger partial charge in [-0.15, -0.1) is 0 Å². The zero-order chi connectivity index (χ0) is 25.4. The number of benzene rings is 3. The summed E-state index contributed by atoms with van der Waals surface area (Å²) >= 11 is 0. The molecule has 0 spiro atoms. The second-order valence-electron chi connectivity index (χ2n) is 8.34. The molecule has 0 saturated carbocycles. The Morgan fingerprint density at radius 1 is 0.917 bits per heavy atom. The molecule has 0 unspecified atom stereocenters. The smallest absolute Gasteiger partial charge is 0.338 e. The maximum atomic E-state index is 13.2. The second kappa shape index (κ2) is 11.9. The highest BCUT2D eigenvalue weighted by Crippen LogP contribution is 2.30. The predicted octanol–water partition coefficient (Wildman–Crippen LogP) is 4.19. The van der Waals surface area contributed by atoms with E-state index in [-0.39, 0.29) is 17.4 Å². The van der Waals surface area contributed by atoms with Gasteiger partial charge in [0.2, 0.25) is 10.0 Å². The van der Waals surface area contributed by atoms with Crippen LogP contribution in [-0.4, -0.2) is 46.1 Å². The van der Waals surface area contributed by atoms with E-state index in [2.05, 4.69) is 15.0 Å². The average Bonchev–Trinajstić information content (AvgIpc) is 2.92. The highest BCUT2D eigenvalue weighted by Gasteiger charge is 2.19. The van der Waals surface area contributed by atoms with Crippen LogP contribution >= 0.6 is 0 Å². The number of nitrogens with zero attached hydrogens (tertiary/aromatic N) is 1. The third kappa shape index (κ3) is 6.15. The van der Waals surface area contributed by atoms with Crippen LogP contribution in [0.1, 0.15) is 22.3 Å². The molecule has 0 radical (unpaired) electrons. The molecular weight excluding hydrogens is 474 g/mol. The van der Waals surface area contributed by atoms with Crippen LogP contribution in [0.5, 0.6) is 0 Å². The largest absolute Gasteiger partial charge is 0.465 e. The summed E-state index contributed by atoms with van der Waals surface area (Å²) in [5, 5.41) is 4.67. The quantitative estimate of drug-likeness (QED) is 0.235. The molecule has 0 amide bonds. The Bertz CT molecular complexity index is 1440. The summed E-state index contributed by atoms with van der Waals surface area (Å²) < 4.78 is 34.0. The summed E-state index contributed by atoms with van der Waals surface area (Å²) in [6.07, 6.45) is 4.80. The Morgan fingerprint density at radius 2 is 1.69 bits per heavy atom. The van der Waals surface area contributed by atoms with Gasteiger partial charge in [-0.25, -0.2) is 17.9 Å². The van der Waals surface area contributed by atoms with Crippen LogP contribution in [-0.2, 0) is 21.2 Å². The number of esters is 1. The maximum Gasteiger partial charge on any atom is 0.338 e. The van der Waals surface area contributed by atoms with Gasteiger partial charge in [0.05, 0.1) is 17.6 Å². The molecule has 0 aliphatic heterocycles. The first-order chi connectivity index (χ1) is 17.5. The first kappa shape index (κ1) is 25.5. The van der Waals surface area contributed by atoms with Gasteiger partial charge in [-0.3, -0.25) is 4.98 Å². The lowest BCUT2D eigenvalue weighted by Crippen LogP contribution is -2.32. The first-order valence-electron chi connectivity index (χ1n) is 11.8. The SMILES string of the molecule is COC(=O)c1ccccc1CCCNCCNS(=O)(=O)c1cc(-c2ccccc2)cc2cnccc12. The molecule has 7 nitrogen and oxygen atoms in total. The van der Waals surface area contributed by atoms with Crippen LogP contribution in [0.25, 0.3) is 21.9 Å². The van der Waals surface area contributed by atoms with Crippen LogP contribution < -0.4 is 10.0 Å². The third-order valence-electron chi connectivity index (χ3n) is 5.93. The van der Waals surface area contributed by atoms with Crippen molar-refractivity contribution in [1.29, 1.82) is 0 Å². The minimum absolute atomic E-state index is 0.237. The molecule has 0 aliphatic rings. The lowest BCUT2D eigenvalue weighted by atomic mass is 10.0. The fraction of sp³-hybridized carbons (Fsp3) is 0.214. The molecule has 186 valence electrons. The van der Waals surface area contributed by atoms with Gasteiger partial charge in [-0.2, -0.15) is 0 Å². The van der Waals surface area contributed by atoms with E-state index in [9.17, 15) is 13.2 Å². The van der Waals surface area contributed by atoms with Crippen molar-refractivity contribution in [3.8, 4) is 11.1 Å². The maximum absolute atomic E-state index is 13.2. The van der Waals surface area contributed by atoms with Gasteiger partial charge in [0.25, 0.3) is 0 Å². The molecule has 0 aliphatic carbocycles. The number of aryl methyl sites for hydroxylation is 1. The molecule has 36 heavy (non-hydrogen) atoms. The highest BCUT2D eigenvalue weighted by molar-refractivity contribution is 7.89. The third-order valence-corrected chi connectivity index (χ3v) is 7.43. The van der Waals surface area contributed by atoms with Crippen LogP contribution in [0.3, 0.4) is 0 Å². The lowest BCUT2D eigenvalue weighted by Gasteiger charge is -2.13. The summed E-state index contributed by atoms with van der Waals surface area (Å²) in [6.45, 7) is 1.42. The van der Waals surface area contributed by atoms with Crippen molar-refractivity contribution in [2.45, 2.75) is 17.7 Å². The van der Waals surface area contributed by atoms with Crippen molar-refractivity contribution >= 4 is 26.8 Å². The number of sulfonamides is 1. The molecule has 0 fully saturated rings. The zero-order valence-electron chi connectivity index (χ0n) is 20.1. The number of pyridine rings is 1. The highest BCUT2D eigenvalue weighted by atomic mass is 32.2. The van der Waals surface area contributed by atoms with E-state index in [1.807, 2.05) is 54.6 Å². The molecule has 0 bridgehead atoms. The average molecular weight is 504 g/mol. The van der Waals surface area contributed by atoms with Crippen molar-refractivity contribution in [3.05, 3.63) is 96.3 Å². The monoisotopic (exact) mass is 503 g/mol. The van der Waals surface area contributed by atoms with E-state index in [1.54, 1.807) is 30.6 Å². The van der Waals surface area contributed by atoms with E-state index >= 15 is 0 Å². The van der Waals surface area contributed by atoms with Crippen LogP contribution in [0.4, 0.5) is 0 Å². The number of carbonyl (C=O) groups is 1. The van der Waals surface area contributed by atoms with Gasteiger partial charge in [0, 0.05) is 36.3 Å². The van der Waals surface area contributed by atoms with Gasteiger partial charge >= 0.3 is 5.97 Å². The van der Waals surface area contributed by atoms with Gasteiger partial charge in [-0.05, 0) is 60.3 Å². The lowest BCUT2D eigenvalue weighted by molar-refractivity contribution is 0.0599. The second-order valence-corrected chi connectivity index (χ2v) is 10.1. The normalized spacial score (nSPS) is 11.5. The van der Waals surface area contributed by atoms with E-state index in [0.717, 1.165) is 34.9 Å². The van der Waals surface area contributed by atoms with Gasteiger partial charge in [-0.1, -0.05) is 48.5 Å². The molecule has 0 atom stereocenters. The Kier molecular flexibility index (Phi) is 8.43. The van der Waals surface area contributed by atoms with Crippen molar-refractivity contribution < 1.29 is 17.9 Å². The summed E-state index contributed by atoms with van der Waals surface area (Å²) in [4.78, 5) is 16.3. The summed E-state index contributed by atoms with van der Waals surface area (Å²) in [5.41, 5.74) is 3.27. The Labute approximate surface area is 211 Å². The topological polar surface area (TPSA) is 97.4 Å². The molecule has 2 N–H and O–H groups in total. The number of nitrogens with one attached hydrogen (secondary N) is 2. The summed E-state index contributed by atoms with van der Waals surface area (Å²) in [7, 11) is -2.37. The number of hydrogen-bond donors (Lipinski definition) is 2. The minimum atomic E-state index is -3.74. The zero-order valence-corrected chi connectivity index (χ0v) is 20.9. The molecule has 8 heteroatoms. The molecule has 1 heterocycles. The molecule has 1 aromatic heterocycles. The fourth-order valence-corrected chi connectivity index (χ4v) is 5.41. The van der Waals surface area contributed by atoms with Crippen molar-refractivity contribution in [2.75, 3.05) is 26.7 Å². The van der Waals surface area contributed by atoms with E-state index < -0.39 is 10.0 Å². The van der Waals surface area contributed by atoms with E-state index in [0.29, 0.717) is 24.0 Å². The van der Waals surface area contributed by atoms with Gasteiger partial charge in [0.15, 0.2) is 0 Å². The van der Waals surface area contributed by atoms with Crippen molar-refractivity contribution in [3.63, 3.8) is 0 Å². The number of aromatic nitrogens is 1. The van der Waals surface area contributed by atoms with E-state index in [1.165, 1.54) is 7.11 Å². The number of rotatable bonds is 11. The molecule has 4 rings (SSSR count). The first-order valence-corrected chi connectivity index (χ1v) is 13.3. The van der Waals surface area contributed by atoms with Gasteiger partial charge < -0.3 is 10.1 Å². The van der Waals surface area contributed by atoms with Crippen molar-refractivity contribution in [2.24, 2.45) is 0 Å². The van der Waals surface area contributed by atoms with Crippen LogP contribution in [0.15, 0.2) is 90.1 Å². The van der Waals surface area contributed by atoms with E-state index in [4.69, 9.17) is 4.74 Å². The standard InChI is InChI=1S/C28H29N3O4S/c1-35-28(32)26-12-6-5-10-22(26)11-7-14-29-16-17-31-36(33,34)27-19-23(21-8-3-2-4-9-21)18-24-20-30-15-13-25(24)27/h2-6,8-10,12-13,15,18-20,29,31H,7,11,14,16-17H2,1H3.